The number of ether oxygens (including phenoxy) is 1. The van der Waals surface area contributed by atoms with Crippen LogP contribution < -0.4 is 15.0 Å². The van der Waals surface area contributed by atoms with Gasteiger partial charge in [0, 0.05) is 37.5 Å². The number of hydrogen-bond donors (Lipinski definition) is 1. The van der Waals surface area contributed by atoms with Crippen LogP contribution in [0.1, 0.15) is 55.1 Å². The van der Waals surface area contributed by atoms with Crippen LogP contribution >= 0.6 is 11.5 Å². The van der Waals surface area contributed by atoms with E-state index in [1.54, 1.807) is 17.6 Å². The highest BCUT2D eigenvalue weighted by Crippen LogP contribution is 2.41. The van der Waals surface area contributed by atoms with Crippen LogP contribution in [-0.2, 0) is 6.54 Å². The van der Waals surface area contributed by atoms with Crippen molar-refractivity contribution < 1.29 is 17.9 Å². The van der Waals surface area contributed by atoms with E-state index in [2.05, 4.69) is 25.4 Å². The Morgan fingerprint density at radius 3 is 2.81 bits per heavy atom. The molecule has 0 spiro atoms. The van der Waals surface area contributed by atoms with E-state index in [-0.39, 0.29) is 11.7 Å². The van der Waals surface area contributed by atoms with E-state index in [0.717, 1.165) is 56.0 Å². The number of benzene rings is 1. The van der Waals surface area contributed by atoms with E-state index < -0.39 is 6.36 Å². The first-order chi connectivity index (χ1) is 17.3. The van der Waals surface area contributed by atoms with Gasteiger partial charge in [-0.25, -0.2) is 4.68 Å². The van der Waals surface area contributed by atoms with Gasteiger partial charge in [-0.1, -0.05) is 18.6 Å². The molecule has 0 radical (unpaired) electrons. The topological polar surface area (TPSA) is 68.1 Å². The van der Waals surface area contributed by atoms with Gasteiger partial charge in [-0.3, -0.25) is 0 Å². The summed E-state index contributed by atoms with van der Waals surface area (Å²) in [4.78, 5) is 7.33. The molecule has 7 nitrogen and oxygen atoms in total. The standard InChI is InChI=1S/C25H29F3N6OS/c1-15-11-22(36-32-15)33-13-17-6-3-9-21(20(17)14-33)29-24-30-23-19(8-4-10-34(23)31-24)16-5-2-7-18(12-16)35-25(26,27)28/h2,5,7,11-12,17,19-21H,3-4,6,8-10,13-14H2,1H3,(H,29,31)/t17?,19?,20?,21-/m1/s1. The summed E-state index contributed by atoms with van der Waals surface area (Å²) < 4.78 is 48.7. The average molecular weight is 519 g/mol. The maximum Gasteiger partial charge on any atom is 0.573 e. The van der Waals surface area contributed by atoms with Crippen molar-refractivity contribution in [3.8, 4) is 5.75 Å². The molecule has 2 aromatic heterocycles. The Hall–Kier alpha value is -2.82. The predicted octanol–water partition coefficient (Wildman–Crippen LogP) is 5.58. The van der Waals surface area contributed by atoms with E-state index >= 15 is 0 Å². The molecule has 1 saturated carbocycles. The number of nitrogens with zero attached hydrogens (tertiary/aromatic N) is 5. The highest BCUT2D eigenvalue weighted by atomic mass is 32.1. The number of alkyl halides is 3. The Kier molecular flexibility index (Phi) is 6.05. The van der Waals surface area contributed by atoms with E-state index in [0.29, 0.717) is 23.8 Å². The Labute approximate surface area is 211 Å². The van der Waals surface area contributed by atoms with Gasteiger partial charge in [0.1, 0.15) is 16.6 Å². The summed E-state index contributed by atoms with van der Waals surface area (Å²) in [7, 11) is 0. The number of fused-ring (bicyclic) bond motifs is 2. The van der Waals surface area contributed by atoms with Gasteiger partial charge in [-0.2, -0.15) is 9.36 Å². The lowest BCUT2D eigenvalue weighted by Crippen LogP contribution is -2.37. The van der Waals surface area contributed by atoms with E-state index in [4.69, 9.17) is 10.1 Å². The molecule has 1 N–H and O–H groups in total. The van der Waals surface area contributed by atoms with Crippen molar-refractivity contribution in [3.05, 3.63) is 47.4 Å². The largest absolute Gasteiger partial charge is 0.573 e. The minimum atomic E-state index is -4.71. The van der Waals surface area contributed by atoms with Gasteiger partial charge in [0.05, 0.1) is 5.69 Å². The lowest BCUT2D eigenvalue weighted by Gasteiger charge is -2.33. The molecule has 3 unspecified atom stereocenters. The van der Waals surface area contributed by atoms with Gasteiger partial charge in [0.25, 0.3) is 0 Å². The maximum absolute atomic E-state index is 12.7. The highest BCUT2D eigenvalue weighted by Gasteiger charge is 2.41. The lowest BCUT2D eigenvalue weighted by molar-refractivity contribution is -0.274. The van der Waals surface area contributed by atoms with Crippen molar-refractivity contribution in [3.63, 3.8) is 0 Å². The number of aryl methyl sites for hydroxylation is 2. The summed E-state index contributed by atoms with van der Waals surface area (Å²) in [6.07, 6.45) is 0.488. The van der Waals surface area contributed by atoms with Gasteiger partial charge in [-0.05, 0) is 73.8 Å². The van der Waals surface area contributed by atoms with Crippen LogP contribution in [0.5, 0.6) is 5.75 Å². The van der Waals surface area contributed by atoms with Crippen LogP contribution in [0.4, 0.5) is 24.1 Å². The molecule has 0 bridgehead atoms. The molecule has 6 rings (SSSR count). The van der Waals surface area contributed by atoms with Gasteiger partial charge in [0.15, 0.2) is 0 Å². The van der Waals surface area contributed by atoms with Gasteiger partial charge in [-0.15, -0.1) is 18.3 Å². The smallest absolute Gasteiger partial charge is 0.406 e. The van der Waals surface area contributed by atoms with Gasteiger partial charge < -0.3 is 15.0 Å². The molecule has 3 aliphatic rings. The molecule has 1 aliphatic carbocycles. The summed E-state index contributed by atoms with van der Waals surface area (Å²) in [5.74, 6) is 2.26. The average Bonchev–Trinajstić information content (AvgIpc) is 3.55. The molecule has 4 heterocycles. The fourth-order valence-electron chi connectivity index (χ4n) is 6.15. The van der Waals surface area contributed by atoms with Crippen LogP contribution in [0.25, 0.3) is 0 Å². The molecule has 2 aliphatic heterocycles. The maximum atomic E-state index is 12.7. The fraction of sp³-hybridized carbons (Fsp3) is 0.560. The Balaban J connectivity index is 1.19. The number of anilines is 2. The SMILES string of the molecule is Cc1cc(N2CC3CCC[C@@H](Nc4nc5n(n4)CCCC5c4cccc(OC(F)(F)F)c4)C3C2)sn1. The third-order valence-electron chi connectivity index (χ3n) is 7.71. The fourth-order valence-corrected chi connectivity index (χ4v) is 6.93. The van der Waals surface area contributed by atoms with E-state index in [1.165, 1.54) is 30.0 Å². The first-order valence-corrected chi connectivity index (χ1v) is 13.3. The van der Waals surface area contributed by atoms with E-state index in [1.807, 2.05) is 17.7 Å². The van der Waals surface area contributed by atoms with Crippen LogP contribution in [-0.4, -0.2) is 44.6 Å². The van der Waals surface area contributed by atoms with Crippen molar-refractivity contribution >= 4 is 22.5 Å². The molecule has 3 aromatic rings. The summed E-state index contributed by atoms with van der Waals surface area (Å²) in [5, 5.41) is 9.65. The molecular weight excluding hydrogens is 489 g/mol. The lowest BCUT2D eigenvalue weighted by atomic mass is 9.78. The van der Waals surface area contributed by atoms with Crippen molar-refractivity contribution in [2.75, 3.05) is 23.3 Å². The zero-order chi connectivity index (χ0) is 24.9. The number of halogens is 3. The molecule has 4 atom stereocenters. The summed E-state index contributed by atoms with van der Waals surface area (Å²) in [6.45, 7) is 4.86. The Bertz CT molecular complexity index is 1230. The number of aromatic nitrogens is 4. The van der Waals surface area contributed by atoms with Crippen molar-refractivity contribution in [1.82, 2.24) is 19.1 Å². The van der Waals surface area contributed by atoms with Crippen molar-refractivity contribution in [1.29, 1.82) is 0 Å². The molecule has 36 heavy (non-hydrogen) atoms. The molecule has 2 fully saturated rings. The third kappa shape index (κ3) is 4.77. The second kappa shape index (κ2) is 9.24. The predicted molar refractivity (Wildman–Crippen MR) is 132 cm³/mol. The molecule has 1 aromatic carbocycles. The highest BCUT2D eigenvalue weighted by molar-refractivity contribution is 7.10. The van der Waals surface area contributed by atoms with Crippen LogP contribution in [0.15, 0.2) is 30.3 Å². The monoisotopic (exact) mass is 518 g/mol. The minimum absolute atomic E-state index is 0.116. The third-order valence-corrected chi connectivity index (χ3v) is 8.65. The van der Waals surface area contributed by atoms with Crippen LogP contribution in [0, 0.1) is 18.8 Å². The van der Waals surface area contributed by atoms with Gasteiger partial charge in [0.2, 0.25) is 5.95 Å². The second-order valence-electron chi connectivity index (χ2n) is 10.1. The first kappa shape index (κ1) is 23.6. The molecule has 0 amide bonds. The number of hydrogen-bond acceptors (Lipinski definition) is 7. The van der Waals surface area contributed by atoms with Gasteiger partial charge >= 0.3 is 6.36 Å². The summed E-state index contributed by atoms with van der Waals surface area (Å²) in [5.41, 5.74) is 1.83. The molecule has 1 saturated heterocycles. The molecule has 192 valence electrons. The molecule has 11 heteroatoms. The Morgan fingerprint density at radius 1 is 1.11 bits per heavy atom. The van der Waals surface area contributed by atoms with Crippen LogP contribution in [0.2, 0.25) is 0 Å². The zero-order valence-corrected chi connectivity index (χ0v) is 20.9. The minimum Gasteiger partial charge on any atom is -0.406 e. The number of rotatable bonds is 5. The number of nitrogens with one attached hydrogen (secondary N) is 1. The van der Waals surface area contributed by atoms with Crippen molar-refractivity contribution in [2.24, 2.45) is 11.8 Å². The summed E-state index contributed by atoms with van der Waals surface area (Å²) >= 11 is 1.57. The van der Waals surface area contributed by atoms with E-state index in [9.17, 15) is 13.2 Å². The van der Waals surface area contributed by atoms with Crippen LogP contribution in [0.3, 0.4) is 0 Å². The quantitative estimate of drug-likeness (QED) is 0.475. The zero-order valence-electron chi connectivity index (χ0n) is 20.0. The first-order valence-electron chi connectivity index (χ1n) is 12.6. The molecular formula is C25H29F3N6OS. The Morgan fingerprint density at radius 2 is 2.00 bits per heavy atom. The van der Waals surface area contributed by atoms with Crippen molar-refractivity contribution in [2.45, 2.75) is 63.9 Å². The second-order valence-corrected chi connectivity index (χ2v) is 10.9. The summed E-state index contributed by atoms with van der Waals surface area (Å²) in [6, 6.07) is 8.71. The normalized spacial score (nSPS) is 25.9.